The average molecular weight is 445 g/mol. The van der Waals surface area contributed by atoms with Gasteiger partial charge in [0.2, 0.25) is 5.91 Å². The van der Waals surface area contributed by atoms with E-state index in [2.05, 4.69) is 33.0 Å². The maximum Gasteiger partial charge on any atom is 0.277 e. The molecule has 0 spiro atoms. The summed E-state index contributed by atoms with van der Waals surface area (Å²) in [6.07, 6.45) is 5.54. The fourth-order valence-electron chi connectivity index (χ4n) is 3.11. The molecule has 10 heteroatoms. The summed E-state index contributed by atoms with van der Waals surface area (Å²) in [6, 6.07) is 14.9. The minimum Gasteiger partial charge on any atom is -0.497 e. The Morgan fingerprint density at radius 1 is 0.970 bits per heavy atom. The summed E-state index contributed by atoms with van der Waals surface area (Å²) in [4.78, 5) is 24.8. The number of rotatable bonds is 8. The van der Waals surface area contributed by atoms with Crippen LogP contribution in [0.4, 0.5) is 11.4 Å². The van der Waals surface area contributed by atoms with E-state index in [4.69, 9.17) is 4.74 Å². The molecule has 2 heterocycles. The average Bonchev–Trinajstić information content (AvgIpc) is 3.49. The Morgan fingerprint density at radius 2 is 1.73 bits per heavy atom. The number of hydrogen-bond donors (Lipinski definition) is 2. The van der Waals surface area contributed by atoms with Gasteiger partial charge in [0, 0.05) is 11.9 Å². The zero-order valence-corrected chi connectivity index (χ0v) is 18.2. The molecule has 2 aromatic heterocycles. The maximum atomic E-state index is 12.5. The molecule has 2 amide bonds. The van der Waals surface area contributed by atoms with E-state index in [0.29, 0.717) is 17.1 Å². The molecule has 0 radical (unpaired) electrons. The molecule has 0 unspecified atom stereocenters. The topological polar surface area (TPSA) is 116 Å². The molecule has 0 atom stereocenters. The van der Waals surface area contributed by atoms with Crippen LogP contribution in [-0.2, 0) is 17.8 Å². The van der Waals surface area contributed by atoms with E-state index in [-0.39, 0.29) is 18.1 Å². The molecule has 0 bridgehead atoms. The standard InChI is InChI=1S/C23H23N7O3/c1-3-16-4-8-19(9-5-16)30-14-21(27-28-30)23(32)26-18-12-24-29(13-18)15-22(31)25-17-6-10-20(33-2)11-7-17/h4-14H,3,15H2,1-2H3,(H,25,31)(H,26,32). The summed E-state index contributed by atoms with van der Waals surface area (Å²) in [7, 11) is 1.58. The van der Waals surface area contributed by atoms with Gasteiger partial charge >= 0.3 is 0 Å². The number of benzene rings is 2. The third kappa shape index (κ3) is 5.42. The highest BCUT2D eigenvalue weighted by Gasteiger charge is 2.13. The zero-order valence-electron chi connectivity index (χ0n) is 18.2. The predicted molar refractivity (Wildman–Crippen MR) is 123 cm³/mol. The lowest BCUT2D eigenvalue weighted by Gasteiger charge is -2.06. The first-order valence-corrected chi connectivity index (χ1v) is 10.3. The molecule has 2 aromatic carbocycles. The van der Waals surface area contributed by atoms with Crippen molar-refractivity contribution in [1.82, 2.24) is 24.8 Å². The molecule has 0 aliphatic carbocycles. The summed E-state index contributed by atoms with van der Waals surface area (Å²) in [6.45, 7) is 2.08. The second-order valence-electron chi connectivity index (χ2n) is 7.23. The van der Waals surface area contributed by atoms with Gasteiger partial charge in [0.25, 0.3) is 5.91 Å². The van der Waals surface area contributed by atoms with Crippen molar-refractivity contribution in [3.63, 3.8) is 0 Å². The number of aryl methyl sites for hydroxylation is 1. The summed E-state index contributed by atoms with van der Waals surface area (Å²) in [5, 5.41) is 17.6. The highest BCUT2D eigenvalue weighted by atomic mass is 16.5. The van der Waals surface area contributed by atoms with Crippen LogP contribution in [0.1, 0.15) is 23.0 Å². The Hall–Kier alpha value is -4.47. The van der Waals surface area contributed by atoms with Gasteiger partial charge in [0.15, 0.2) is 5.69 Å². The van der Waals surface area contributed by atoms with E-state index in [1.54, 1.807) is 48.5 Å². The molecule has 33 heavy (non-hydrogen) atoms. The third-order valence-corrected chi connectivity index (χ3v) is 4.91. The Bertz CT molecular complexity index is 1240. The molecular formula is C23H23N7O3. The van der Waals surface area contributed by atoms with E-state index < -0.39 is 5.91 Å². The molecule has 0 aliphatic heterocycles. The number of ether oxygens (including phenoxy) is 1. The second kappa shape index (κ2) is 9.77. The monoisotopic (exact) mass is 445 g/mol. The van der Waals surface area contributed by atoms with Gasteiger partial charge in [-0.25, -0.2) is 4.68 Å². The minimum absolute atomic E-state index is 0.00810. The molecule has 2 N–H and O–H groups in total. The lowest BCUT2D eigenvalue weighted by atomic mass is 10.1. The molecule has 0 aliphatic rings. The van der Waals surface area contributed by atoms with Gasteiger partial charge in [-0.15, -0.1) is 5.10 Å². The highest BCUT2D eigenvalue weighted by molar-refractivity contribution is 6.02. The van der Waals surface area contributed by atoms with Gasteiger partial charge in [0.05, 0.1) is 30.9 Å². The number of methoxy groups -OCH3 is 1. The zero-order chi connectivity index (χ0) is 23.2. The van der Waals surface area contributed by atoms with Crippen molar-refractivity contribution in [1.29, 1.82) is 0 Å². The number of amides is 2. The molecule has 0 fully saturated rings. The quantitative estimate of drug-likeness (QED) is 0.431. The van der Waals surface area contributed by atoms with Crippen molar-refractivity contribution >= 4 is 23.2 Å². The number of aromatic nitrogens is 5. The number of nitrogens with one attached hydrogen (secondary N) is 2. The highest BCUT2D eigenvalue weighted by Crippen LogP contribution is 2.15. The summed E-state index contributed by atoms with van der Waals surface area (Å²) < 4.78 is 8.07. The van der Waals surface area contributed by atoms with Crippen LogP contribution in [0.15, 0.2) is 67.1 Å². The van der Waals surface area contributed by atoms with E-state index in [1.165, 1.54) is 16.4 Å². The fraction of sp³-hybridized carbons (Fsp3) is 0.174. The van der Waals surface area contributed by atoms with Gasteiger partial charge in [-0.3, -0.25) is 14.3 Å². The van der Waals surface area contributed by atoms with Crippen LogP contribution in [0.2, 0.25) is 0 Å². The van der Waals surface area contributed by atoms with Crippen LogP contribution in [0.25, 0.3) is 5.69 Å². The Kier molecular flexibility index (Phi) is 6.44. The lowest BCUT2D eigenvalue weighted by molar-refractivity contribution is -0.116. The van der Waals surface area contributed by atoms with Crippen LogP contribution in [0.5, 0.6) is 5.75 Å². The second-order valence-corrected chi connectivity index (χ2v) is 7.23. The first-order valence-electron chi connectivity index (χ1n) is 10.3. The Balaban J connectivity index is 1.33. The van der Waals surface area contributed by atoms with Crippen LogP contribution in [-0.4, -0.2) is 43.7 Å². The number of anilines is 2. The normalized spacial score (nSPS) is 10.6. The maximum absolute atomic E-state index is 12.5. The van der Waals surface area contributed by atoms with Gasteiger partial charge < -0.3 is 15.4 Å². The van der Waals surface area contributed by atoms with Crippen LogP contribution in [0.3, 0.4) is 0 Å². The molecule has 10 nitrogen and oxygen atoms in total. The van der Waals surface area contributed by atoms with E-state index in [0.717, 1.165) is 12.1 Å². The molecule has 0 saturated carbocycles. The summed E-state index contributed by atoms with van der Waals surface area (Å²) in [5.74, 6) is 0.0294. The Morgan fingerprint density at radius 3 is 2.42 bits per heavy atom. The smallest absolute Gasteiger partial charge is 0.277 e. The molecular weight excluding hydrogens is 422 g/mol. The van der Waals surface area contributed by atoms with Crippen molar-refractivity contribution in [2.24, 2.45) is 0 Å². The van der Waals surface area contributed by atoms with Crippen molar-refractivity contribution < 1.29 is 14.3 Å². The van der Waals surface area contributed by atoms with E-state index in [9.17, 15) is 9.59 Å². The van der Waals surface area contributed by atoms with Gasteiger partial charge in [0.1, 0.15) is 12.3 Å². The van der Waals surface area contributed by atoms with Crippen molar-refractivity contribution in [2.75, 3.05) is 17.7 Å². The number of nitrogens with zero attached hydrogens (tertiary/aromatic N) is 5. The van der Waals surface area contributed by atoms with Crippen LogP contribution >= 0.6 is 0 Å². The summed E-state index contributed by atoms with van der Waals surface area (Å²) in [5.41, 5.74) is 3.29. The Labute approximate surface area is 190 Å². The third-order valence-electron chi connectivity index (χ3n) is 4.91. The van der Waals surface area contributed by atoms with Gasteiger partial charge in [-0.05, 0) is 48.4 Å². The number of hydrogen-bond acceptors (Lipinski definition) is 6. The molecule has 168 valence electrons. The van der Waals surface area contributed by atoms with Gasteiger partial charge in [-0.2, -0.15) is 5.10 Å². The van der Waals surface area contributed by atoms with Crippen LogP contribution < -0.4 is 15.4 Å². The molecule has 0 saturated heterocycles. The SMILES string of the molecule is CCc1ccc(-n2cc(C(=O)Nc3cnn(CC(=O)Nc4ccc(OC)cc4)c3)nn2)cc1. The number of carbonyl (C=O) groups is 2. The minimum atomic E-state index is -0.423. The van der Waals surface area contributed by atoms with Crippen LogP contribution in [0, 0.1) is 0 Å². The lowest BCUT2D eigenvalue weighted by Crippen LogP contribution is -2.19. The first kappa shape index (κ1) is 21.8. The van der Waals surface area contributed by atoms with E-state index in [1.807, 2.05) is 24.3 Å². The molecule has 4 aromatic rings. The van der Waals surface area contributed by atoms with E-state index >= 15 is 0 Å². The fourth-order valence-corrected chi connectivity index (χ4v) is 3.11. The summed E-state index contributed by atoms with van der Waals surface area (Å²) >= 11 is 0. The molecule has 4 rings (SSSR count). The van der Waals surface area contributed by atoms with Crippen molar-refractivity contribution in [3.05, 3.63) is 78.4 Å². The van der Waals surface area contributed by atoms with Gasteiger partial charge in [-0.1, -0.05) is 24.3 Å². The number of carbonyl (C=O) groups excluding carboxylic acids is 2. The first-order chi connectivity index (χ1) is 16.0. The largest absolute Gasteiger partial charge is 0.497 e. The predicted octanol–water partition coefficient (Wildman–Crippen LogP) is 2.93. The van der Waals surface area contributed by atoms with Crippen molar-refractivity contribution in [3.8, 4) is 11.4 Å². The van der Waals surface area contributed by atoms with Crippen molar-refractivity contribution in [2.45, 2.75) is 19.9 Å².